The number of piperidine rings is 1. The summed E-state index contributed by atoms with van der Waals surface area (Å²) in [6.45, 7) is 5.64. The molecule has 0 unspecified atom stereocenters. The zero-order chi connectivity index (χ0) is 13.7. The van der Waals surface area contributed by atoms with Crippen molar-refractivity contribution in [1.29, 1.82) is 0 Å². The van der Waals surface area contributed by atoms with Crippen LogP contribution in [0.5, 0.6) is 0 Å². The molecular formula is C14H21N3O2. The van der Waals surface area contributed by atoms with Gasteiger partial charge in [0.05, 0.1) is 4.92 Å². The van der Waals surface area contributed by atoms with Gasteiger partial charge in [0, 0.05) is 19.2 Å². The Morgan fingerprint density at radius 1 is 1.32 bits per heavy atom. The normalized spacial score (nSPS) is 16.3. The largest absolute Gasteiger partial charge is 0.380 e. The molecular weight excluding hydrogens is 242 g/mol. The predicted octanol–water partition coefficient (Wildman–Crippen LogP) is 3.01. The SMILES string of the molecule is CCNc1ccc(CN2CCCCC2)cc1[N+](=O)[O-]. The summed E-state index contributed by atoms with van der Waals surface area (Å²) in [5.41, 5.74) is 1.81. The van der Waals surface area contributed by atoms with Crippen LogP contribution in [0.3, 0.4) is 0 Å². The first-order valence-corrected chi connectivity index (χ1v) is 6.94. The van der Waals surface area contributed by atoms with Gasteiger partial charge in [-0.1, -0.05) is 12.5 Å². The van der Waals surface area contributed by atoms with Crippen molar-refractivity contribution in [3.63, 3.8) is 0 Å². The predicted molar refractivity (Wildman–Crippen MR) is 76.4 cm³/mol. The van der Waals surface area contributed by atoms with Crippen molar-refractivity contribution in [1.82, 2.24) is 4.90 Å². The lowest BCUT2D eigenvalue weighted by Gasteiger charge is -2.26. The molecule has 0 bridgehead atoms. The average Bonchev–Trinajstić information content (AvgIpc) is 2.42. The van der Waals surface area contributed by atoms with Crippen LogP contribution in [0, 0.1) is 10.1 Å². The van der Waals surface area contributed by atoms with E-state index in [-0.39, 0.29) is 10.6 Å². The van der Waals surface area contributed by atoms with E-state index < -0.39 is 0 Å². The second kappa shape index (κ2) is 6.52. The number of hydrogen-bond donors (Lipinski definition) is 1. The fraction of sp³-hybridized carbons (Fsp3) is 0.571. The lowest BCUT2D eigenvalue weighted by Crippen LogP contribution is -2.29. The minimum atomic E-state index is -0.308. The van der Waals surface area contributed by atoms with E-state index in [2.05, 4.69) is 10.2 Å². The number of anilines is 1. The number of hydrogen-bond acceptors (Lipinski definition) is 4. The molecule has 1 aliphatic heterocycles. The van der Waals surface area contributed by atoms with Gasteiger partial charge in [-0.25, -0.2) is 0 Å². The van der Waals surface area contributed by atoms with Crippen LogP contribution in [0.15, 0.2) is 18.2 Å². The van der Waals surface area contributed by atoms with E-state index in [1.165, 1.54) is 19.3 Å². The summed E-state index contributed by atoms with van der Waals surface area (Å²) in [4.78, 5) is 13.2. The Kier molecular flexibility index (Phi) is 4.74. The number of rotatable bonds is 5. The molecule has 1 fully saturated rings. The van der Waals surface area contributed by atoms with Gasteiger partial charge in [-0.2, -0.15) is 0 Å². The van der Waals surface area contributed by atoms with Crippen LogP contribution in [0.25, 0.3) is 0 Å². The molecule has 104 valence electrons. The third-order valence-corrected chi connectivity index (χ3v) is 3.48. The molecule has 5 nitrogen and oxygen atoms in total. The quantitative estimate of drug-likeness (QED) is 0.655. The Hall–Kier alpha value is -1.62. The van der Waals surface area contributed by atoms with Gasteiger partial charge in [0.1, 0.15) is 5.69 Å². The summed E-state index contributed by atoms with van der Waals surface area (Å²) < 4.78 is 0. The molecule has 0 spiro atoms. The van der Waals surface area contributed by atoms with Crippen LogP contribution in [-0.2, 0) is 6.54 Å². The molecule has 0 aromatic heterocycles. The molecule has 0 saturated carbocycles. The first-order chi connectivity index (χ1) is 9.20. The third-order valence-electron chi connectivity index (χ3n) is 3.48. The van der Waals surface area contributed by atoms with Crippen molar-refractivity contribution >= 4 is 11.4 Å². The van der Waals surface area contributed by atoms with E-state index in [4.69, 9.17) is 0 Å². The fourth-order valence-corrected chi connectivity index (χ4v) is 2.54. The number of nitrogens with zero attached hydrogens (tertiary/aromatic N) is 2. The van der Waals surface area contributed by atoms with Crippen molar-refractivity contribution in [2.45, 2.75) is 32.7 Å². The highest BCUT2D eigenvalue weighted by molar-refractivity contribution is 5.62. The van der Waals surface area contributed by atoms with Crippen LogP contribution < -0.4 is 5.32 Å². The van der Waals surface area contributed by atoms with Crippen molar-refractivity contribution in [3.05, 3.63) is 33.9 Å². The molecule has 5 heteroatoms. The second-order valence-corrected chi connectivity index (χ2v) is 4.98. The van der Waals surface area contributed by atoms with Crippen LogP contribution in [0.2, 0.25) is 0 Å². The minimum Gasteiger partial charge on any atom is -0.380 e. The Morgan fingerprint density at radius 2 is 2.05 bits per heavy atom. The molecule has 1 heterocycles. The Bertz CT molecular complexity index is 442. The Labute approximate surface area is 113 Å². The van der Waals surface area contributed by atoms with Gasteiger partial charge in [0.15, 0.2) is 0 Å². The van der Waals surface area contributed by atoms with Gasteiger partial charge >= 0.3 is 0 Å². The highest BCUT2D eigenvalue weighted by Crippen LogP contribution is 2.26. The summed E-state index contributed by atoms with van der Waals surface area (Å²) >= 11 is 0. The number of benzene rings is 1. The van der Waals surface area contributed by atoms with E-state index in [0.29, 0.717) is 12.2 Å². The molecule has 1 aromatic rings. The van der Waals surface area contributed by atoms with E-state index in [0.717, 1.165) is 25.2 Å². The minimum absolute atomic E-state index is 0.177. The van der Waals surface area contributed by atoms with E-state index in [1.54, 1.807) is 6.07 Å². The van der Waals surface area contributed by atoms with Gasteiger partial charge in [0.25, 0.3) is 5.69 Å². The van der Waals surface area contributed by atoms with Gasteiger partial charge in [0.2, 0.25) is 0 Å². The fourth-order valence-electron chi connectivity index (χ4n) is 2.54. The zero-order valence-corrected chi connectivity index (χ0v) is 11.4. The van der Waals surface area contributed by atoms with Crippen LogP contribution in [-0.4, -0.2) is 29.5 Å². The zero-order valence-electron chi connectivity index (χ0n) is 11.4. The number of nitrogens with one attached hydrogen (secondary N) is 1. The number of nitro benzene ring substituents is 1. The van der Waals surface area contributed by atoms with Crippen molar-refractivity contribution in [2.24, 2.45) is 0 Å². The smallest absolute Gasteiger partial charge is 0.292 e. The Balaban J connectivity index is 2.12. The first kappa shape index (κ1) is 13.8. The van der Waals surface area contributed by atoms with E-state index in [9.17, 15) is 10.1 Å². The topological polar surface area (TPSA) is 58.4 Å². The molecule has 1 aliphatic rings. The maximum Gasteiger partial charge on any atom is 0.292 e. The van der Waals surface area contributed by atoms with Crippen molar-refractivity contribution in [2.75, 3.05) is 25.0 Å². The molecule has 0 atom stereocenters. The molecule has 0 aliphatic carbocycles. The molecule has 1 N–H and O–H groups in total. The van der Waals surface area contributed by atoms with Gasteiger partial charge in [-0.05, 0) is 44.5 Å². The summed E-state index contributed by atoms with van der Waals surface area (Å²) in [5, 5.41) is 14.1. The standard InChI is InChI=1S/C14H21N3O2/c1-2-15-13-7-6-12(10-14(13)17(18)19)11-16-8-4-3-5-9-16/h6-7,10,15H,2-5,8-9,11H2,1H3. The van der Waals surface area contributed by atoms with Crippen molar-refractivity contribution in [3.8, 4) is 0 Å². The average molecular weight is 263 g/mol. The monoisotopic (exact) mass is 263 g/mol. The number of nitro groups is 1. The second-order valence-electron chi connectivity index (χ2n) is 4.98. The van der Waals surface area contributed by atoms with Crippen LogP contribution >= 0.6 is 0 Å². The maximum absolute atomic E-state index is 11.1. The number of likely N-dealkylation sites (tertiary alicyclic amines) is 1. The molecule has 19 heavy (non-hydrogen) atoms. The highest BCUT2D eigenvalue weighted by Gasteiger charge is 2.16. The first-order valence-electron chi connectivity index (χ1n) is 6.94. The highest BCUT2D eigenvalue weighted by atomic mass is 16.6. The third kappa shape index (κ3) is 3.67. The molecule has 0 radical (unpaired) electrons. The summed E-state index contributed by atoms with van der Waals surface area (Å²) in [7, 11) is 0. The lowest BCUT2D eigenvalue weighted by atomic mass is 10.1. The Morgan fingerprint density at radius 3 is 2.68 bits per heavy atom. The van der Waals surface area contributed by atoms with Gasteiger partial charge < -0.3 is 5.32 Å². The van der Waals surface area contributed by atoms with Gasteiger partial charge in [-0.3, -0.25) is 15.0 Å². The molecule has 1 saturated heterocycles. The molecule has 1 aromatic carbocycles. The summed E-state index contributed by atoms with van der Waals surface area (Å²) in [5.74, 6) is 0. The van der Waals surface area contributed by atoms with Gasteiger partial charge in [-0.15, -0.1) is 0 Å². The molecule has 2 rings (SSSR count). The summed E-state index contributed by atoms with van der Waals surface area (Å²) in [6, 6.07) is 5.51. The maximum atomic E-state index is 11.1. The summed E-state index contributed by atoms with van der Waals surface area (Å²) in [6.07, 6.45) is 3.77. The van der Waals surface area contributed by atoms with Crippen LogP contribution in [0.1, 0.15) is 31.7 Å². The van der Waals surface area contributed by atoms with E-state index in [1.807, 2.05) is 19.1 Å². The van der Waals surface area contributed by atoms with Crippen molar-refractivity contribution < 1.29 is 4.92 Å². The molecule has 0 amide bonds. The lowest BCUT2D eigenvalue weighted by molar-refractivity contribution is -0.384. The van der Waals surface area contributed by atoms with Crippen LogP contribution in [0.4, 0.5) is 11.4 Å². The van der Waals surface area contributed by atoms with E-state index >= 15 is 0 Å².